The summed E-state index contributed by atoms with van der Waals surface area (Å²) >= 11 is 31.3. The van der Waals surface area contributed by atoms with E-state index in [0.29, 0.717) is 32.8 Å². The molecule has 0 saturated heterocycles. The van der Waals surface area contributed by atoms with Crippen molar-refractivity contribution in [2.45, 2.75) is 4.90 Å². The third-order valence-electron chi connectivity index (χ3n) is 4.22. The summed E-state index contributed by atoms with van der Waals surface area (Å²) in [7, 11) is -4.10. The van der Waals surface area contributed by atoms with Crippen molar-refractivity contribution >= 4 is 84.5 Å². The molecule has 170 valence electrons. The Balaban J connectivity index is 1.55. The highest BCUT2D eigenvalue weighted by Crippen LogP contribution is 2.37. The molecule has 4 aromatic rings. The predicted molar refractivity (Wildman–Crippen MR) is 136 cm³/mol. The van der Waals surface area contributed by atoms with Gasteiger partial charge in [0.05, 0.1) is 20.8 Å². The van der Waals surface area contributed by atoms with Crippen LogP contribution in [-0.4, -0.2) is 13.4 Å². The van der Waals surface area contributed by atoms with Crippen LogP contribution in [0.3, 0.4) is 0 Å². The van der Waals surface area contributed by atoms with Gasteiger partial charge in [-0.2, -0.15) is 0 Å². The van der Waals surface area contributed by atoms with E-state index in [0.717, 1.165) is 11.3 Å². The maximum atomic E-state index is 12.8. The van der Waals surface area contributed by atoms with E-state index >= 15 is 0 Å². The van der Waals surface area contributed by atoms with E-state index in [2.05, 4.69) is 9.71 Å². The number of nitrogens with zero attached hydrogens (tertiary/aromatic N) is 1. The molecule has 0 aliphatic carbocycles. The average Bonchev–Trinajstić information content (AvgIpc) is 3.16. The number of rotatable bonds is 6. The highest BCUT2D eigenvalue weighted by molar-refractivity contribution is 7.93. The van der Waals surface area contributed by atoms with Crippen LogP contribution in [0.15, 0.2) is 64.9 Å². The number of hydrogen-bond donors (Lipinski definition) is 1. The van der Waals surface area contributed by atoms with Crippen molar-refractivity contribution in [1.82, 2.24) is 4.98 Å². The van der Waals surface area contributed by atoms with Crippen LogP contribution in [0.5, 0.6) is 11.5 Å². The van der Waals surface area contributed by atoms with Crippen molar-refractivity contribution in [2.75, 3.05) is 4.72 Å². The Hall–Kier alpha value is -1.71. The first-order valence-electron chi connectivity index (χ1n) is 8.98. The van der Waals surface area contributed by atoms with Gasteiger partial charge in [0.25, 0.3) is 10.0 Å². The Morgan fingerprint density at radius 1 is 0.788 bits per heavy atom. The van der Waals surface area contributed by atoms with Gasteiger partial charge in [0, 0.05) is 27.1 Å². The molecule has 0 radical (unpaired) electrons. The summed E-state index contributed by atoms with van der Waals surface area (Å²) in [6.45, 7) is 0. The zero-order valence-corrected chi connectivity index (χ0v) is 21.6. The lowest BCUT2D eigenvalue weighted by molar-refractivity contribution is 0.483. The Labute approximate surface area is 218 Å². The highest BCUT2D eigenvalue weighted by atomic mass is 35.5. The van der Waals surface area contributed by atoms with E-state index in [1.54, 1.807) is 47.8 Å². The molecule has 5 nitrogen and oxygen atoms in total. The number of halogens is 5. The minimum atomic E-state index is -4.10. The van der Waals surface area contributed by atoms with Gasteiger partial charge in [-0.3, -0.25) is 4.72 Å². The summed E-state index contributed by atoms with van der Waals surface area (Å²) in [6.07, 6.45) is 0. The number of hydrogen-bond acceptors (Lipinski definition) is 5. The van der Waals surface area contributed by atoms with Gasteiger partial charge >= 0.3 is 0 Å². The normalized spacial score (nSPS) is 11.4. The number of benzene rings is 3. The summed E-state index contributed by atoms with van der Waals surface area (Å²) < 4.78 is 33.8. The van der Waals surface area contributed by atoms with Crippen molar-refractivity contribution in [1.29, 1.82) is 0 Å². The van der Waals surface area contributed by atoms with Gasteiger partial charge in [-0.1, -0.05) is 58.0 Å². The highest BCUT2D eigenvalue weighted by Gasteiger charge is 2.24. The predicted octanol–water partition coefficient (Wildman–Crippen LogP) is 8.67. The van der Waals surface area contributed by atoms with Crippen molar-refractivity contribution < 1.29 is 13.2 Å². The van der Waals surface area contributed by atoms with E-state index < -0.39 is 10.0 Å². The number of ether oxygens (including phenoxy) is 1. The van der Waals surface area contributed by atoms with E-state index in [-0.39, 0.29) is 25.1 Å². The average molecular weight is 581 g/mol. The Kier molecular flexibility index (Phi) is 7.31. The molecule has 4 rings (SSSR count). The quantitative estimate of drug-likeness (QED) is 0.248. The van der Waals surface area contributed by atoms with Crippen LogP contribution >= 0.6 is 69.3 Å². The van der Waals surface area contributed by atoms with Gasteiger partial charge in [-0.15, -0.1) is 11.3 Å². The van der Waals surface area contributed by atoms with Crippen LogP contribution in [-0.2, 0) is 10.0 Å². The number of aromatic nitrogens is 1. The summed E-state index contributed by atoms with van der Waals surface area (Å²) in [5.74, 6) is 1.13. The van der Waals surface area contributed by atoms with Crippen LogP contribution in [0.1, 0.15) is 0 Å². The molecule has 0 atom stereocenters. The minimum absolute atomic E-state index is 0.101. The number of sulfonamides is 1. The molecule has 33 heavy (non-hydrogen) atoms. The van der Waals surface area contributed by atoms with Crippen LogP contribution in [0, 0.1) is 0 Å². The molecule has 0 unspecified atom stereocenters. The zero-order valence-electron chi connectivity index (χ0n) is 16.2. The first-order chi connectivity index (χ1) is 15.6. The van der Waals surface area contributed by atoms with Crippen molar-refractivity contribution in [3.63, 3.8) is 0 Å². The van der Waals surface area contributed by atoms with Crippen LogP contribution in [0.25, 0.3) is 11.3 Å². The van der Waals surface area contributed by atoms with Crippen molar-refractivity contribution in [2.24, 2.45) is 0 Å². The van der Waals surface area contributed by atoms with Gasteiger partial charge in [0.15, 0.2) is 5.13 Å². The zero-order chi connectivity index (χ0) is 23.8. The van der Waals surface area contributed by atoms with Gasteiger partial charge < -0.3 is 4.74 Å². The first kappa shape index (κ1) is 24.4. The molecule has 0 aliphatic rings. The second-order valence-corrected chi connectivity index (χ2v) is 11.1. The molecular formula is C21H11Cl5N2O3S2. The largest absolute Gasteiger partial charge is 0.457 e. The molecule has 0 bridgehead atoms. The number of anilines is 1. The number of thiazole rings is 1. The van der Waals surface area contributed by atoms with Gasteiger partial charge in [-0.25, -0.2) is 13.4 Å². The molecule has 12 heteroatoms. The summed E-state index contributed by atoms with van der Waals surface area (Å²) in [6, 6.07) is 14.6. The Morgan fingerprint density at radius 2 is 1.42 bits per heavy atom. The molecule has 3 aromatic carbocycles. The second-order valence-electron chi connectivity index (χ2n) is 6.54. The van der Waals surface area contributed by atoms with E-state index in [9.17, 15) is 8.42 Å². The summed E-state index contributed by atoms with van der Waals surface area (Å²) in [4.78, 5) is 4.04. The summed E-state index contributed by atoms with van der Waals surface area (Å²) in [5, 5.41) is 2.79. The smallest absolute Gasteiger partial charge is 0.266 e. The standard InChI is InChI=1S/C21H11Cl5N2O3S2/c22-11-1-3-13(4-2-11)31-14-5-6-15(16(24)9-14)19-10-32-21(27-19)28-33(29,30)20-17(25)7-12(23)8-18(20)26/h1-10H,(H,27,28). The lowest BCUT2D eigenvalue weighted by atomic mass is 10.1. The molecule has 0 saturated carbocycles. The van der Waals surface area contributed by atoms with Crippen LogP contribution < -0.4 is 9.46 Å². The molecule has 1 aromatic heterocycles. The van der Waals surface area contributed by atoms with Crippen LogP contribution in [0.4, 0.5) is 5.13 Å². The topological polar surface area (TPSA) is 68.3 Å². The lowest BCUT2D eigenvalue weighted by Crippen LogP contribution is -2.14. The van der Waals surface area contributed by atoms with Crippen LogP contribution in [0.2, 0.25) is 25.1 Å². The Morgan fingerprint density at radius 3 is 2.06 bits per heavy atom. The molecule has 0 fully saturated rings. The van der Waals surface area contributed by atoms with Gasteiger partial charge in [-0.05, 0) is 48.5 Å². The lowest BCUT2D eigenvalue weighted by Gasteiger charge is -2.09. The number of nitrogens with one attached hydrogen (secondary N) is 1. The van der Waals surface area contributed by atoms with Gasteiger partial charge in [0.2, 0.25) is 0 Å². The fraction of sp³-hybridized carbons (Fsp3) is 0. The third-order valence-corrected chi connectivity index (χ3v) is 8.15. The van der Waals surface area contributed by atoms with Gasteiger partial charge in [0.1, 0.15) is 16.4 Å². The summed E-state index contributed by atoms with van der Waals surface area (Å²) in [5.41, 5.74) is 1.08. The molecule has 0 spiro atoms. The monoisotopic (exact) mass is 578 g/mol. The minimum Gasteiger partial charge on any atom is -0.457 e. The molecular weight excluding hydrogens is 570 g/mol. The Bertz CT molecular complexity index is 1420. The van der Waals surface area contributed by atoms with Crippen molar-refractivity contribution in [3.05, 3.63) is 85.1 Å². The van der Waals surface area contributed by atoms with E-state index in [1.807, 2.05) is 0 Å². The van der Waals surface area contributed by atoms with Crippen molar-refractivity contribution in [3.8, 4) is 22.8 Å². The first-order valence-corrected chi connectivity index (χ1v) is 13.2. The maximum Gasteiger partial charge on any atom is 0.266 e. The third kappa shape index (κ3) is 5.69. The molecule has 1 N–H and O–H groups in total. The second kappa shape index (κ2) is 9.88. The fourth-order valence-electron chi connectivity index (χ4n) is 2.80. The maximum absolute atomic E-state index is 12.8. The molecule has 0 aliphatic heterocycles. The molecule has 1 heterocycles. The molecule has 0 amide bonds. The SMILES string of the molecule is O=S(=O)(Nc1nc(-c2ccc(Oc3ccc(Cl)cc3)cc2Cl)cs1)c1c(Cl)cc(Cl)cc1Cl. The fourth-order valence-corrected chi connectivity index (χ4v) is 6.71. The van der Waals surface area contributed by atoms with E-state index in [1.165, 1.54) is 12.1 Å². The van der Waals surface area contributed by atoms with E-state index in [4.69, 9.17) is 62.7 Å².